The number of thiocarbonyl (C=S) groups is 1. The van der Waals surface area contributed by atoms with Gasteiger partial charge in [-0.25, -0.2) is 4.79 Å². The van der Waals surface area contributed by atoms with Gasteiger partial charge < -0.3 is 19.5 Å². The third kappa shape index (κ3) is 4.78. The number of benzene rings is 2. The third-order valence-corrected chi connectivity index (χ3v) is 5.09. The van der Waals surface area contributed by atoms with Crippen molar-refractivity contribution in [1.82, 2.24) is 0 Å². The number of fused-ring (bicyclic) bond motifs is 1. The van der Waals surface area contributed by atoms with Crippen LogP contribution >= 0.6 is 23.8 Å². The van der Waals surface area contributed by atoms with Crippen LogP contribution in [0.4, 0.5) is 5.69 Å². The molecule has 0 spiro atoms. The van der Waals surface area contributed by atoms with Gasteiger partial charge in [0.25, 0.3) is 0 Å². The summed E-state index contributed by atoms with van der Waals surface area (Å²) >= 11 is 11.8. The SMILES string of the molecule is CCOC(=O)C=CC1O[C@H](c2cccc(C)c2OC)c2cc(Cl)ccc2NC1=S. The summed E-state index contributed by atoms with van der Waals surface area (Å²) in [5.41, 5.74) is 3.45. The Morgan fingerprint density at radius 1 is 1.31 bits per heavy atom. The van der Waals surface area contributed by atoms with Gasteiger partial charge in [-0.1, -0.05) is 42.0 Å². The molecular weight excluding hydrogens is 410 g/mol. The van der Waals surface area contributed by atoms with E-state index in [-0.39, 0.29) is 0 Å². The Labute approximate surface area is 180 Å². The first-order valence-corrected chi connectivity index (χ1v) is 9.97. The van der Waals surface area contributed by atoms with Crippen molar-refractivity contribution in [3.63, 3.8) is 0 Å². The molecule has 1 aliphatic rings. The minimum atomic E-state index is -0.643. The Balaban J connectivity index is 2.08. The van der Waals surface area contributed by atoms with Gasteiger partial charge in [-0.2, -0.15) is 0 Å². The average molecular weight is 432 g/mol. The molecule has 2 aromatic carbocycles. The summed E-state index contributed by atoms with van der Waals surface area (Å²) in [7, 11) is 1.63. The number of carbonyl (C=O) groups is 1. The summed E-state index contributed by atoms with van der Waals surface area (Å²) in [6.45, 7) is 4.02. The van der Waals surface area contributed by atoms with E-state index in [1.165, 1.54) is 6.08 Å². The van der Waals surface area contributed by atoms with Crippen molar-refractivity contribution in [2.45, 2.75) is 26.1 Å². The molecule has 0 radical (unpaired) electrons. The molecule has 0 saturated carbocycles. The number of rotatable bonds is 5. The molecule has 0 amide bonds. The molecule has 29 heavy (non-hydrogen) atoms. The summed E-state index contributed by atoms with van der Waals surface area (Å²) in [4.78, 5) is 12.2. The van der Waals surface area contributed by atoms with Gasteiger partial charge in [-0.3, -0.25) is 0 Å². The van der Waals surface area contributed by atoms with Gasteiger partial charge in [0.2, 0.25) is 0 Å². The van der Waals surface area contributed by atoms with Crippen LogP contribution in [-0.2, 0) is 14.3 Å². The molecule has 1 heterocycles. The molecule has 1 unspecified atom stereocenters. The summed E-state index contributed by atoms with van der Waals surface area (Å²) in [6, 6.07) is 11.4. The number of ether oxygens (including phenoxy) is 3. The van der Waals surface area contributed by atoms with Crippen LogP contribution in [0.1, 0.15) is 29.7 Å². The van der Waals surface area contributed by atoms with E-state index in [9.17, 15) is 4.79 Å². The molecule has 0 saturated heterocycles. The lowest BCUT2D eigenvalue weighted by molar-refractivity contribution is -0.137. The second-order valence-corrected chi connectivity index (χ2v) is 7.34. The number of nitrogens with one attached hydrogen (secondary N) is 1. The first kappa shape index (κ1) is 21.3. The highest BCUT2D eigenvalue weighted by atomic mass is 35.5. The van der Waals surface area contributed by atoms with Crippen molar-refractivity contribution in [3.05, 3.63) is 70.3 Å². The third-order valence-electron chi connectivity index (χ3n) is 4.52. The lowest BCUT2D eigenvalue weighted by Gasteiger charge is -2.23. The highest BCUT2D eigenvalue weighted by Gasteiger charge is 2.30. The van der Waals surface area contributed by atoms with Crippen LogP contribution in [0.25, 0.3) is 0 Å². The van der Waals surface area contributed by atoms with Gasteiger partial charge in [0.15, 0.2) is 0 Å². The number of anilines is 1. The van der Waals surface area contributed by atoms with Gasteiger partial charge in [0.05, 0.1) is 13.7 Å². The lowest BCUT2D eigenvalue weighted by Crippen LogP contribution is -2.26. The molecule has 0 aliphatic carbocycles. The molecule has 5 nitrogen and oxygen atoms in total. The molecule has 2 aromatic rings. The largest absolute Gasteiger partial charge is 0.496 e. The van der Waals surface area contributed by atoms with E-state index in [1.54, 1.807) is 26.2 Å². The van der Waals surface area contributed by atoms with Crippen molar-refractivity contribution in [3.8, 4) is 5.75 Å². The highest BCUT2D eigenvalue weighted by Crippen LogP contribution is 2.41. The summed E-state index contributed by atoms with van der Waals surface area (Å²) in [5.74, 6) is 0.276. The fraction of sp³-hybridized carbons (Fsp3) is 0.273. The van der Waals surface area contributed by atoms with E-state index >= 15 is 0 Å². The lowest BCUT2D eigenvalue weighted by atomic mass is 9.97. The predicted octanol–water partition coefficient (Wildman–Crippen LogP) is 5.00. The van der Waals surface area contributed by atoms with E-state index < -0.39 is 18.2 Å². The normalized spacial score (nSPS) is 18.7. The maximum Gasteiger partial charge on any atom is 0.330 e. The first-order chi connectivity index (χ1) is 13.9. The average Bonchev–Trinajstić information content (AvgIpc) is 2.82. The molecule has 152 valence electrons. The van der Waals surface area contributed by atoms with Crippen LogP contribution < -0.4 is 10.1 Å². The fourth-order valence-electron chi connectivity index (χ4n) is 3.24. The number of para-hydroxylation sites is 1. The monoisotopic (exact) mass is 431 g/mol. The number of aryl methyl sites for hydroxylation is 1. The predicted molar refractivity (Wildman–Crippen MR) is 118 cm³/mol. The van der Waals surface area contributed by atoms with E-state index in [1.807, 2.05) is 37.3 Å². The second-order valence-electron chi connectivity index (χ2n) is 6.47. The fourth-order valence-corrected chi connectivity index (χ4v) is 3.66. The summed E-state index contributed by atoms with van der Waals surface area (Å²) in [5, 5.41) is 3.79. The minimum absolute atomic E-state index is 0.296. The zero-order chi connectivity index (χ0) is 21.0. The maximum atomic E-state index is 11.8. The van der Waals surface area contributed by atoms with Crippen LogP contribution in [0.2, 0.25) is 5.02 Å². The minimum Gasteiger partial charge on any atom is -0.496 e. The smallest absolute Gasteiger partial charge is 0.330 e. The Morgan fingerprint density at radius 2 is 2.10 bits per heavy atom. The van der Waals surface area contributed by atoms with E-state index in [4.69, 9.17) is 38.0 Å². The number of carbonyl (C=O) groups excluding carboxylic acids is 1. The molecule has 0 aromatic heterocycles. The van der Waals surface area contributed by atoms with Gasteiger partial charge in [0.1, 0.15) is 22.9 Å². The number of esters is 1. The van der Waals surface area contributed by atoms with Gasteiger partial charge >= 0.3 is 5.97 Å². The van der Waals surface area contributed by atoms with Crippen LogP contribution in [0.5, 0.6) is 5.75 Å². The Kier molecular flexibility index (Phi) is 6.90. The van der Waals surface area contributed by atoms with Crippen molar-refractivity contribution < 1.29 is 19.0 Å². The van der Waals surface area contributed by atoms with Crippen molar-refractivity contribution >= 4 is 40.5 Å². The maximum absolute atomic E-state index is 11.8. The molecular formula is C22H22ClNO4S. The topological polar surface area (TPSA) is 56.8 Å². The Morgan fingerprint density at radius 3 is 2.83 bits per heavy atom. The highest BCUT2D eigenvalue weighted by molar-refractivity contribution is 7.80. The van der Waals surface area contributed by atoms with Gasteiger partial charge in [0, 0.05) is 27.9 Å². The van der Waals surface area contributed by atoms with Crippen molar-refractivity contribution in [2.24, 2.45) is 0 Å². The van der Waals surface area contributed by atoms with Crippen LogP contribution in [0.3, 0.4) is 0 Å². The van der Waals surface area contributed by atoms with Gasteiger partial charge in [-0.15, -0.1) is 0 Å². The molecule has 0 fully saturated rings. The number of hydrogen-bond donors (Lipinski definition) is 1. The molecule has 3 rings (SSSR count). The molecule has 1 aliphatic heterocycles. The number of methoxy groups -OCH3 is 1. The van der Waals surface area contributed by atoms with Crippen LogP contribution in [0, 0.1) is 6.92 Å². The number of halogens is 1. The van der Waals surface area contributed by atoms with Crippen LogP contribution in [0.15, 0.2) is 48.6 Å². The van der Waals surface area contributed by atoms with E-state index in [0.29, 0.717) is 16.6 Å². The van der Waals surface area contributed by atoms with Crippen LogP contribution in [-0.4, -0.2) is 30.8 Å². The summed E-state index contributed by atoms with van der Waals surface area (Å²) in [6.07, 6.45) is 1.77. The zero-order valence-corrected chi connectivity index (χ0v) is 18.0. The standard InChI is InChI=1S/C22H22ClNO4S/c1-4-27-19(25)11-10-18-22(29)24-17-9-8-14(23)12-16(17)21(28-18)15-7-5-6-13(2)20(15)26-3/h5-12,18,21H,4H2,1-3H3,(H,24,29)/t18?,21-/m1/s1. The molecule has 0 bridgehead atoms. The molecule has 7 heteroatoms. The first-order valence-electron chi connectivity index (χ1n) is 9.18. The zero-order valence-electron chi connectivity index (χ0n) is 16.4. The quantitative estimate of drug-likeness (QED) is 0.408. The molecule has 2 atom stereocenters. The Bertz CT molecular complexity index is 960. The second kappa shape index (κ2) is 9.39. The Hall–Kier alpha value is -2.41. The summed E-state index contributed by atoms with van der Waals surface area (Å²) < 4.78 is 17.0. The van der Waals surface area contributed by atoms with E-state index in [2.05, 4.69) is 5.32 Å². The molecule has 1 N–H and O–H groups in total. The number of hydrogen-bond acceptors (Lipinski definition) is 5. The van der Waals surface area contributed by atoms with E-state index in [0.717, 1.165) is 28.1 Å². The van der Waals surface area contributed by atoms with Crippen molar-refractivity contribution in [2.75, 3.05) is 19.0 Å². The van der Waals surface area contributed by atoms with Gasteiger partial charge in [-0.05, 0) is 43.7 Å². The van der Waals surface area contributed by atoms with Crippen molar-refractivity contribution in [1.29, 1.82) is 0 Å².